The highest BCUT2D eigenvalue weighted by Gasteiger charge is 2.36. The zero-order valence-electron chi connectivity index (χ0n) is 12.0. The molecule has 1 aromatic rings. The largest absolute Gasteiger partial charge is 0.489 e. The first-order chi connectivity index (χ1) is 9.56. The van der Waals surface area contributed by atoms with Crippen LogP contribution in [0.5, 0.6) is 5.75 Å². The maximum Gasteiger partial charge on any atom is 0.142 e. The molecule has 1 aromatic carbocycles. The number of rotatable bonds is 1. The number of aliphatic hydroxyl groups is 1. The minimum atomic E-state index is -0.497. The van der Waals surface area contributed by atoms with Crippen molar-refractivity contribution < 1.29 is 9.84 Å². The number of aryl methyl sites for hydroxylation is 1. The first-order valence-electron chi connectivity index (χ1n) is 7.10. The molecule has 0 bridgehead atoms. The molecule has 2 unspecified atom stereocenters. The molecule has 2 atom stereocenters. The number of aliphatic hydroxyl groups excluding tert-OH is 1. The third-order valence-electron chi connectivity index (χ3n) is 4.23. The van der Waals surface area contributed by atoms with E-state index in [9.17, 15) is 5.11 Å². The van der Waals surface area contributed by atoms with Gasteiger partial charge in [-0.3, -0.25) is 4.90 Å². The number of ether oxygens (including phenoxy) is 1. The first kappa shape index (κ1) is 14.1. The second kappa shape index (κ2) is 5.53. The third kappa shape index (κ3) is 2.53. The number of piperazine rings is 1. The van der Waals surface area contributed by atoms with Crippen molar-refractivity contribution in [3.05, 3.63) is 28.3 Å². The average molecular weight is 297 g/mol. The van der Waals surface area contributed by atoms with E-state index in [2.05, 4.69) is 22.9 Å². The maximum absolute atomic E-state index is 10.4. The van der Waals surface area contributed by atoms with Gasteiger partial charge >= 0.3 is 0 Å². The van der Waals surface area contributed by atoms with Gasteiger partial charge in [-0.25, -0.2) is 0 Å². The number of halogens is 1. The van der Waals surface area contributed by atoms with Crippen molar-refractivity contribution in [1.29, 1.82) is 0 Å². The van der Waals surface area contributed by atoms with Crippen molar-refractivity contribution >= 4 is 11.6 Å². The molecule has 20 heavy (non-hydrogen) atoms. The summed E-state index contributed by atoms with van der Waals surface area (Å²) in [6, 6.07) is 4.00. The van der Waals surface area contributed by atoms with Crippen LogP contribution in [0.15, 0.2) is 12.1 Å². The van der Waals surface area contributed by atoms with Crippen molar-refractivity contribution in [3.8, 4) is 5.75 Å². The van der Waals surface area contributed by atoms with Gasteiger partial charge in [-0.1, -0.05) is 17.7 Å². The first-order valence-corrected chi connectivity index (χ1v) is 7.47. The Kier molecular flexibility index (Phi) is 3.91. The van der Waals surface area contributed by atoms with Crippen molar-refractivity contribution in [2.45, 2.75) is 19.1 Å². The van der Waals surface area contributed by atoms with Crippen LogP contribution in [0.3, 0.4) is 0 Å². The zero-order valence-corrected chi connectivity index (χ0v) is 12.7. The van der Waals surface area contributed by atoms with Crippen LogP contribution in [0.2, 0.25) is 5.02 Å². The molecule has 4 nitrogen and oxygen atoms in total. The normalized spacial score (nSPS) is 28.0. The predicted molar refractivity (Wildman–Crippen MR) is 79.5 cm³/mol. The van der Waals surface area contributed by atoms with Crippen molar-refractivity contribution in [1.82, 2.24) is 9.80 Å². The third-order valence-corrected chi connectivity index (χ3v) is 4.51. The van der Waals surface area contributed by atoms with Crippen LogP contribution in [-0.4, -0.2) is 60.8 Å². The number of nitrogens with zero attached hydrogens (tertiary/aromatic N) is 2. The maximum atomic E-state index is 10.4. The summed E-state index contributed by atoms with van der Waals surface area (Å²) in [5.74, 6) is 0.742. The van der Waals surface area contributed by atoms with Crippen LogP contribution < -0.4 is 4.74 Å². The zero-order chi connectivity index (χ0) is 14.3. The van der Waals surface area contributed by atoms with Crippen LogP contribution in [0.25, 0.3) is 0 Å². The fourth-order valence-corrected chi connectivity index (χ4v) is 3.47. The Hall–Kier alpha value is -0.810. The molecular weight excluding hydrogens is 276 g/mol. The Morgan fingerprint density at radius 1 is 1.25 bits per heavy atom. The van der Waals surface area contributed by atoms with Gasteiger partial charge in [-0.2, -0.15) is 0 Å². The topological polar surface area (TPSA) is 35.9 Å². The van der Waals surface area contributed by atoms with Gasteiger partial charge in [-0.15, -0.1) is 0 Å². The van der Waals surface area contributed by atoms with Crippen LogP contribution >= 0.6 is 11.6 Å². The molecule has 1 N–H and O–H groups in total. The van der Waals surface area contributed by atoms with Crippen molar-refractivity contribution in [3.63, 3.8) is 0 Å². The van der Waals surface area contributed by atoms with Gasteiger partial charge in [0.2, 0.25) is 0 Å². The van der Waals surface area contributed by atoms with Crippen LogP contribution in [0.4, 0.5) is 0 Å². The lowest BCUT2D eigenvalue weighted by Gasteiger charge is -2.42. The Morgan fingerprint density at radius 2 is 1.95 bits per heavy atom. The van der Waals surface area contributed by atoms with Crippen molar-refractivity contribution in [2.24, 2.45) is 0 Å². The lowest BCUT2D eigenvalue weighted by atomic mass is 9.94. The second-order valence-electron chi connectivity index (χ2n) is 5.83. The summed E-state index contributed by atoms with van der Waals surface area (Å²) in [5.41, 5.74) is 2.13. The molecule has 0 amide bonds. The quantitative estimate of drug-likeness (QED) is 0.855. The molecule has 3 rings (SSSR count). The molecule has 0 aromatic heterocycles. The van der Waals surface area contributed by atoms with Crippen LogP contribution in [-0.2, 0) is 0 Å². The summed E-state index contributed by atoms with van der Waals surface area (Å²) in [5, 5.41) is 11.0. The molecule has 0 radical (unpaired) electrons. The van der Waals surface area contributed by atoms with Gasteiger partial charge in [-0.05, 0) is 25.6 Å². The van der Waals surface area contributed by atoms with E-state index < -0.39 is 6.10 Å². The molecule has 0 aliphatic carbocycles. The number of benzene rings is 1. The Labute approximate surface area is 124 Å². The minimum Gasteiger partial charge on any atom is -0.489 e. The highest BCUT2D eigenvalue weighted by atomic mass is 35.5. The molecule has 110 valence electrons. The van der Waals surface area contributed by atoms with Crippen molar-refractivity contribution in [2.75, 3.05) is 39.8 Å². The fourth-order valence-electron chi connectivity index (χ4n) is 3.14. The molecule has 5 heteroatoms. The van der Waals surface area contributed by atoms with Gasteiger partial charge in [0.05, 0.1) is 11.1 Å². The smallest absolute Gasteiger partial charge is 0.142 e. The van der Waals surface area contributed by atoms with Gasteiger partial charge < -0.3 is 14.7 Å². The molecule has 1 fully saturated rings. The number of likely N-dealkylation sites (N-methyl/N-ethyl adjacent to an activating group) is 1. The van der Waals surface area contributed by atoms with Gasteiger partial charge in [0, 0.05) is 31.7 Å². The molecular formula is C15H21ClN2O2. The SMILES string of the molecule is Cc1cc(Cl)c2c(c1)C(N1CCN(C)CC1)C(O)CO2. The number of hydrogen-bond acceptors (Lipinski definition) is 4. The molecule has 2 aliphatic rings. The lowest BCUT2D eigenvalue weighted by Crippen LogP contribution is -2.50. The monoisotopic (exact) mass is 296 g/mol. The fraction of sp³-hybridized carbons (Fsp3) is 0.600. The highest BCUT2D eigenvalue weighted by molar-refractivity contribution is 6.32. The van der Waals surface area contributed by atoms with E-state index in [-0.39, 0.29) is 6.04 Å². The van der Waals surface area contributed by atoms with E-state index in [1.165, 1.54) is 0 Å². The van der Waals surface area contributed by atoms with E-state index in [4.69, 9.17) is 16.3 Å². The Balaban J connectivity index is 1.95. The summed E-state index contributed by atoms with van der Waals surface area (Å²) in [6.45, 7) is 6.31. The molecule has 1 saturated heterocycles. The van der Waals surface area contributed by atoms with E-state index in [0.717, 1.165) is 43.1 Å². The van der Waals surface area contributed by atoms with E-state index >= 15 is 0 Å². The number of hydrogen-bond donors (Lipinski definition) is 1. The minimum absolute atomic E-state index is 0.00940. The average Bonchev–Trinajstić information content (AvgIpc) is 2.40. The van der Waals surface area contributed by atoms with Gasteiger partial charge in [0.25, 0.3) is 0 Å². The van der Waals surface area contributed by atoms with E-state index in [0.29, 0.717) is 11.6 Å². The van der Waals surface area contributed by atoms with Gasteiger partial charge in [0.15, 0.2) is 0 Å². The van der Waals surface area contributed by atoms with E-state index in [1.54, 1.807) is 0 Å². The Morgan fingerprint density at radius 3 is 2.65 bits per heavy atom. The summed E-state index contributed by atoms with van der Waals surface area (Å²) >= 11 is 6.29. The highest BCUT2D eigenvalue weighted by Crippen LogP contribution is 2.41. The molecule has 0 saturated carbocycles. The summed E-state index contributed by atoms with van der Waals surface area (Å²) in [7, 11) is 2.13. The number of fused-ring (bicyclic) bond motifs is 1. The molecule has 2 heterocycles. The Bertz CT molecular complexity index is 501. The summed E-state index contributed by atoms with van der Waals surface area (Å²) in [6.07, 6.45) is -0.497. The van der Waals surface area contributed by atoms with Gasteiger partial charge in [0.1, 0.15) is 18.5 Å². The lowest BCUT2D eigenvalue weighted by molar-refractivity contribution is -0.0152. The summed E-state index contributed by atoms with van der Waals surface area (Å²) < 4.78 is 5.64. The second-order valence-corrected chi connectivity index (χ2v) is 6.23. The standard InChI is InChI=1S/C15H21ClN2O2/c1-10-7-11-14(18-5-3-17(2)4-6-18)13(19)9-20-15(11)12(16)8-10/h7-8,13-14,19H,3-6,9H2,1-2H3. The molecule has 2 aliphatic heterocycles. The predicted octanol–water partition coefficient (Wildman–Crippen LogP) is 1.69. The van der Waals surface area contributed by atoms with Crippen LogP contribution in [0, 0.1) is 6.92 Å². The van der Waals surface area contributed by atoms with Crippen LogP contribution in [0.1, 0.15) is 17.2 Å². The van der Waals surface area contributed by atoms with E-state index in [1.807, 2.05) is 13.0 Å². The summed E-state index contributed by atoms with van der Waals surface area (Å²) in [4.78, 5) is 4.66. The molecule has 0 spiro atoms.